The van der Waals surface area contributed by atoms with E-state index in [1.54, 1.807) is 13.8 Å². The zero-order valence-electron chi connectivity index (χ0n) is 8.24. The molecule has 0 saturated heterocycles. The van der Waals surface area contributed by atoms with Crippen molar-refractivity contribution in [3.05, 3.63) is 17.0 Å². The first-order valence-electron chi connectivity index (χ1n) is 4.44. The number of hydrogen-bond acceptors (Lipinski definition) is 4. The van der Waals surface area contributed by atoms with Crippen LogP contribution in [0.4, 0.5) is 0 Å². The molecule has 13 heavy (non-hydrogen) atoms. The van der Waals surface area contributed by atoms with E-state index in [1.807, 2.05) is 6.92 Å². The Morgan fingerprint density at radius 3 is 2.54 bits per heavy atom. The lowest BCUT2D eigenvalue weighted by atomic mass is 10.00. The third kappa shape index (κ3) is 1.89. The minimum atomic E-state index is -0.670. The fourth-order valence-corrected chi connectivity index (χ4v) is 1.35. The third-order valence-corrected chi connectivity index (χ3v) is 2.26. The average Bonchev–Trinajstić information content (AvgIpc) is 2.44. The zero-order chi connectivity index (χ0) is 10.0. The Kier molecular flexibility index (Phi) is 3.06. The van der Waals surface area contributed by atoms with Gasteiger partial charge in [-0.05, 0) is 20.3 Å². The van der Waals surface area contributed by atoms with Crippen molar-refractivity contribution in [2.45, 2.75) is 39.3 Å². The van der Waals surface area contributed by atoms with Gasteiger partial charge in [0.15, 0.2) is 0 Å². The van der Waals surface area contributed by atoms with Crippen LogP contribution >= 0.6 is 0 Å². The normalized spacial score (nSPS) is 15.8. The van der Waals surface area contributed by atoms with Gasteiger partial charge in [0, 0.05) is 11.6 Å². The number of nitrogens with zero attached hydrogens (tertiary/aromatic N) is 1. The highest BCUT2D eigenvalue weighted by molar-refractivity contribution is 5.24. The first kappa shape index (κ1) is 10.2. The molecule has 0 saturated carbocycles. The van der Waals surface area contributed by atoms with Gasteiger partial charge >= 0.3 is 0 Å². The van der Waals surface area contributed by atoms with Crippen LogP contribution in [0.3, 0.4) is 0 Å². The molecule has 0 aromatic carbocycles. The molecule has 0 amide bonds. The van der Waals surface area contributed by atoms with E-state index in [-0.39, 0.29) is 6.04 Å². The van der Waals surface area contributed by atoms with Gasteiger partial charge < -0.3 is 15.4 Å². The summed E-state index contributed by atoms with van der Waals surface area (Å²) in [5.41, 5.74) is 7.17. The minimum Gasteiger partial charge on any atom is -0.387 e. The Morgan fingerprint density at radius 2 is 2.15 bits per heavy atom. The molecular weight excluding hydrogens is 168 g/mol. The lowest BCUT2D eigenvalue weighted by Crippen LogP contribution is -2.27. The first-order chi connectivity index (χ1) is 6.07. The average molecular weight is 184 g/mol. The highest BCUT2D eigenvalue weighted by Gasteiger charge is 2.22. The minimum absolute atomic E-state index is 0.253. The van der Waals surface area contributed by atoms with Crippen LogP contribution in [0.15, 0.2) is 4.52 Å². The number of hydrogen-bond donors (Lipinski definition) is 2. The van der Waals surface area contributed by atoms with E-state index in [4.69, 9.17) is 10.3 Å². The second kappa shape index (κ2) is 3.89. The molecule has 2 unspecified atom stereocenters. The SMILES string of the molecule is CCC(N)C(O)c1c(C)noc1C. The Labute approximate surface area is 77.7 Å². The van der Waals surface area contributed by atoms with E-state index < -0.39 is 6.10 Å². The number of aliphatic hydroxyl groups excluding tert-OH is 1. The fraction of sp³-hybridized carbons (Fsp3) is 0.667. The van der Waals surface area contributed by atoms with Crippen molar-refractivity contribution in [2.75, 3.05) is 0 Å². The third-order valence-electron chi connectivity index (χ3n) is 2.26. The molecule has 2 atom stereocenters. The predicted octanol–water partition coefficient (Wildman–Crippen LogP) is 1.06. The summed E-state index contributed by atoms with van der Waals surface area (Å²) in [4.78, 5) is 0. The molecule has 1 rings (SSSR count). The van der Waals surface area contributed by atoms with E-state index in [1.165, 1.54) is 0 Å². The number of nitrogens with two attached hydrogens (primary N) is 1. The van der Waals surface area contributed by atoms with Crippen LogP contribution in [0, 0.1) is 13.8 Å². The summed E-state index contributed by atoms with van der Waals surface area (Å²) in [6.07, 6.45) is 0.0573. The van der Waals surface area contributed by atoms with E-state index in [2.05, 4.69) is 5.16 Å². The van der Waals surface area contributed by atoms with Crippen molar-refractivity contribution in [3.63, 3.8) is 0 Å². The molecule has 1 heterocycles. The Bertz CT molecular complexity index is 264. The molecule has 4 nitrogen and oxygen atoms in total. The van der Waals surface area contributed by atoms with Crippen molar-refractivity contribution in [3.8, 4) is 0 Å². The lowest BCUT2D eigenvalue weighted by molar-refractivity contribution is 0.142. The number of rotatable bonds is 3. The summed E-state index contributed by atoms with van der Waals surface area (Å²) in [5.74, 6) is 0.647. The molecule has 74 valence electrons. The maximum Gasteiger partial charge on any atom is 0.139 e. The number of aryl methyl sites for hydroxylation is 2. The second-order valence-electron chi connectivity index (χ2n) is 3.25. The molecule has 0 radical (unpaired) electrons. The van der Waals surface area contributed by atoms with E-state index in [9.17, 15) is 5.11 Å². The van der Waals surface area contributed by atoms with E-state index >= 15 is 0 Å². The molecule has 3 N–H and O–H groups in total. The van der Waals surface area contributed by atoms with Crippen LogP contribution in [-0.2, 0) is 0 Å². The van der Waals surface area contributed by atoms with Crippen molar-refractivity contribution >= 4 is 0 Å². The predicted molar refractivity (Wildman–Crippen MR) is 49.2 cm³/mol. The largest absolute Gasteiger partial charge is 0.387 e. The number of aliphatic hydroxyl groups is 1. The molecule has 1 aromatic heterocycles. The van der Waals surface area contributed by atoms with Crippen LogP contribution in [0.5, 0.6) is 0 Å². The maximum absolute atomic E-state index is 9.81. The van der Waals surface area contributed by atoms with Crippen LogP contribution in [0.25, 0.3) is 0 Å². The number of aromatic nitrogens is 1. The summed E-state index contributed by atoms with van der Waals surface area (Å²) in [5, 5.41) is 13.6. The first-order valence-corrected chi connectivity index (χ1v) is 4.44. The summed E-state index contributed by atoms with van der Waals surface area (Å²) < 4.78 is 4.95. The maximum atomic E-state index is 9.81. The van der Waals surface area contributed by atoms with Crippen molar-refractivity contribution in [2.24, 2.45) is 5.73 Å². The molecule has 0 aliphatic rings. The van der Waals surface area contributed by atoms with Gasteiger partial charge in [-0.1, -0.05) is 12.1 Å². The summed E-state index contributed by atoms with van der Waals surface area (Å²) >= 11 is 0. The fourth-order valence-electron chi connectivity index (χ4n) is 1.35. The molecule has 1 aromatic rings. The molecule has 0 spiro atoms. The van der Waals surface area contributed by atoms with Gasteiger partial charge in [0.05, 0.1) is 11.8 Å². The van der Waals surface area contributed by atoms with Crippen LogP contribution in [-0.4, -0.2) is 16.3 Å². The quantitative estimate of drug-likeness (QED) is 0.736. The van der Waals surface area contributed by atoms with Crippen LogP contribution in [0.2, 0.25) is 0 Å². The Morgan fingerprint density at radius 1 is 1.54 bits per heavy atom. The Hall–Kier alpha value is -0.870. The van der Waals surface area contributed by atoms with Crippen molar-refractivity contribution in [1.29, 1.82) is 0 Å². The van der Waals surface area contributed by atoms with Crippen LogP contribution in [0.1, 0.15) is 36.5 Å². The van der Waals surface area contributed by atoms with Gasteiger partial charge in [0.25, 0.3) is 0 Å². The smallest absolute Gasteiger partial charge is 0.139 e. The van der Waals surface area contributed by atoms with Crippen LogP contribution < -0.4 is 5.73 Å². The van der Waals surface area contributed by atoms with Gasteiger partial charge in [0.2, 0.25) is 0 Å². The van der Waals surface area contributed by atoms with Gasteiger partial charge in [-0.2, -0.15) is 0 Å². The molecular formula is C9H16N2O2. The van der Waals surface area contributed by atoms with Crippen molar-refractivity contribution in [1.82, 2.24) is 5.16 Å². The summed E-state index contributed by atoms with van der Waals surface area (Å²) in [7, 11) is 0. The highest BCUT2D eigenvalue weighted by Crippen LogP contribution is 2.24. The summed E-state index contributed by atoms with van der Waals surface area (Å²) in [6.45, 7) is 5.52. The van der Waals surface area contributed by atoms with Gasteiger partial charge in [-0.25, -0.2) is 0 Å². The zero-order valence-corrected chi connectivity index (χ0v) is 8.24. The van der Waals surface area contributed by atoms with Crippen molar-refractivity contribution < 1.29 is 9.63 Å². The topological polar surface area (TPSA) is 72.3 Å². The lowest BCUT2D eigenvalue weighted by Gasteiger charge is -2.16. The molecule has 0 aliphatic carbocycles. The molecule has 0 aliphatic heterocycles. The van der Waals surface area contributed by atoms with E-state index in [0.29, 0.717) is 11.5 Å². The second-order valence-corrected chi connectivity index (χ2v) is 3.25. The standard InChI is InChI=1S/C9H16N2O2/c1-4-7(10)9(12)8-5(2)11-13-6(8)3/h7,9,12H,4,10H2,1-3H3. The Balaban J connectivity index is 2.93. The monoisotopic (exact) mass is 184 g/mol. The van der Waals surface area contributed by atoms with Gasteiger partial charge in [0.1, 0.15) is 5.76 Å². The van der Waals surface area contributed by atoms with Gasteiger partial charge in [-0.15, -0.1) is 0 Å². The molecule has 0 bridgehead atoms. The molecule has 4 heteroatoms. The van der Waals surface area contributed by atoms with Gasteiger partial charge in [-0.3, -0.25) is 0 Å². The highest BCUT2D eigenvalue weighted by atomic mass is 16.5. The molecule has 0 fully saturated rings. The van der Waals surface area contributed by atoms with E-state index in [0.717, 1.165) is 12.0 Å². The summed E-state index contributed by atoms with van der Waals surface area (Å²) in [6, 6.07) is -0.253.